The highest BCUT2D eigenvalue weighted by Gasteiger charge is 2.22. The summed E-state index contributed by atoms with van der Waals surface area (Å²) in [6.07, 6.45) is 0.685. The van der Waals surface area contributed by atoms with Crippen LogP contribution in [-0.2, 0) is 6.42 Å². The van der Waals surface area contributed by atoms with E-state index >= 15 is 0 Å². The molecule has 2 unspecified atom stereocenters. The van der Waals surface area contributed by atoms with Crippen LogP contribution in [0.4, 0.5) is 11.9 Å². The van der Waals surface area contributed by atoms with E-state index in [9.17, 15) is 0 Å². The molecule has 0 aromatic carbocycles. The van der Waals surface area contributed by atoms with Crippen molar-refractivity contribution in [3.05, 3.63) is 11.6 Å². The van der Waals surface area contributed by atoms with E-state index in [1.165, 1.54) is 0 Å². The van der Waals surface area contributed by atoms with Crippen LogP contribution in [0.1, 0.15) is 17.3 Å². The lowest BCUT2D eigenvalue weighted by molar-refractivity contribution is 0.795. The predicted octanol–water partition coefficient (Wildman–Crippen LogP) is -0.249. The molecule has 0 amide bonds. The standard InChI is InChI=1S/C6H11BIN8P/c7-17(8)2(4-12-6(10)16-14-4)1-3-11-5(9)15-13-3/h2H,1,7H2,(H3,9,11,13,15)(H3,10,12,14,16). The van der Waals surface area contributed by atoms with Gasteiger partial charge in [0.15, 0.2) is 0 Å². The molecule has 0 fully saturated rings. The molecule has 17 heavy (non-hydrogen) atoms. The summed E-state index contributed by atoms with van der Waals surface area (Å²) in [4.78, 5) is 5.87. The number of hydrogen-bond donors (Lipinski definition) is 4. The fraction of sp³-hybridized carbons (Fsp3) is 0.333. The summed E-state index contributed by atoms with van der Waals surface area (Å²) in [5.41, 5.74) is 10.9. The molecule has 90 valence electrons. The van der Waals surface area contributed by atoms with Crippen molar-refractivity contribution in [2.75, 3.05) is 11.5 Å². The number of nitrogens with one attached hydrogen (secondary N) is 2. The van der Waals surface area contributed by atoms with E-state index < -0.39 is 0 Å². The summed E-state index contributed by atoms with van der Waals surface area (Å²) < 4.78 is 0. The van der Waals surface area contributed by atoms with E-state index in [-0.39, 0.29) is 11.1 Å². The third-order valence-corrected chi connectivity index (χ3v) is 5.51. The third-order valence-electron chi connectivity index (χ3n) is 2.20. The maximum Gasteiger partial charge on any atom is 0.219 e. The molecule has 2 heterocycles. The molecule has 0 spiro atoms. The third kappa shape index (κ3) is 3.06. The van der Waals surface area contributed by atoms with Crippen LogP contribution in [0.2, 0.25) is 0 Å². The molecule has 0 radical (unpaired) electrons. The maximum absolute atomic E-state index is 5.53. The van der Waals surface area contributed by atoms with Gasteiger partial charge in [-0.15, -0.1) is 20.4 Å². The molecule has 2 rings (SSSR count). The van der Waals surface area contributed by atoms with Crippen LogP contribution in [-0.4, -0.2) is 37.9 Å². The van der Waals surface area contributed by atoms with Gasteiger partial charge < -0.3 is 21.4 Å². The average Bonchev–Trinajstić information content (AvgIpc) is 2.83. The van der Waals surface area contributed by atoms with Crippen LogP contribution in [0, 0.1) is 0 Å². The molecule has 0 aliphatic carbocycles. The summed E-state index contributed by atoms with van der Waals surface area (Å²) in [5, 5.41) is 15.5. The van der Waals surface area contributed by atoms with Crippen LogP contribution in [0.3, 0.4) is 0 Å². The van der Waals surface area contributed by atoms with Crippen molar-refractivity contribution in [3.8, 4) is 0 Å². The molecule has 11 heteroatoms. The highest BCUT2D eigenvalue weighted by Crippen LogP contribution is 2.54. The van der Waals surface area contributed by atoms with Gasteiger partial charge in [-0.1, -0.05) is 27.5 Å². The first-order valence-corrected chi connectivity index (χ1v) is 9.44. The number of rotatable bonds is 4. The minimum Gasteiger partial charge on any atom is -0.368 e. The Hall–Kier alpha value is -0.895. The summed E-state index contributed by atoms with van der Waals surface area (Å²) in [6, 6.07) is 0. The summed E-state index contributed by atoms with van der Waals surface area (Å²) in [7, 11) is 2.15. The Morgan fingerprint density at radius 3 is 2.29 bits per heavy atom. The molecule has 6 N–H and O–H groups in total. The fourth-order valence-corrected chi connectivity index (χ4v) is 3.68. The van der Waals surface area contributed by atoms with Gasteiger partial charge in [-0.3, -0.25) is 0 Å². The van der Waals surface area contributed by atoms with Crippen LogP contribution >= 0.6 is 27.5 Å². The van der Waals surface area contributed by atoms with Crippen LogP contribution in [0.15, 0.2) is 0 Å². The largest absolute Gasteiger partial charge is 0.368 e. The molecule has 2 aromatic rings. The van der Waals surface area contributed by atoms with E-state index in [0.717, 1.165) is 11.6 Å². The molecule has 0 aliphatic rings. The molecule has 0 saturated carbocycles. The molecule has 2 aromatic heterocycles. The van der Waals surface area contributed by atoms with Gasteiger partial charge in [0.25, 0.3) is 0 Å². The maximum atomic E-state index is 5.53. The quantitative estimate of drug-likeness (QED) is 0.336. The first-order chi connectivity index (χ1) is 8.06. The minimum absolute atomic E-state index is 0.197. The summed E-state index contributed by atoms with van der Waals surface area (Å²) >= 11 is 2.39. The number of anilines is 2. The summed E-state index contributed by atoms with van der Waals surface area (Å²) in [6.45, 7) is 0. The summed E-state index contributed by atoms with van der Waals surface area (Å²) in [5.74, 6) is 2.18. The number of halogens is 1. The lowest BCUT2D eigenvalue weighted by Crippen LogP contribution is -2.04. The van der Waals surface area contributed by atoms with E-state index in [1.807, 2.05) is 0 Å². The van der Waals surface area contributed by atoms with Crippen molar-refractivity contribution in [2.45, 2.75) is 12.1 Å². The van der Waals surface area contributed by atoms with Crippen molar-refractivity contribution < 1.29 is 0 Å². The van der Waals surface area contributed by atoms with Crippen molar-refractivity contribution in [1.29, 1.82) is 0 Å². The first kappa shape index (κ1) is 12.6. The number of nitrogen functional groups attached to an aromatic ring is 2. The molecule has 2 atom stereocenters. The van der Waals surface area contributed by atoms with Gasteiger partial charge >= 0.3 is 0 Å². The Kier molecular flexibility index (Phi) is 3.82. The average molecular weight is 364 g/mol. The Morgan fingerprint density at radius 2 is 1.82 bits per heavy atom. The number of nitrogens with zero attached hydrogens (tertiary/aromatic N) is 4. The Bertz CT molecular complexity index is 498. The lowest BCUT2D eigenvalue weighted by atomic mass is 10.3. The highest BCUT2D eigenvalue weighted by molar-refractivity contribution is 14.2. The van der Waals surface area contributed by atoms with Crippen molar-refractivity contribution in [2.24, 2.45) is 0 Å². The molecule has 8 nitrogen and oxygen atoms in total. The van der Waals surface area contributed by atoms with E-state index in [1.54, 1.807) is 0 Å². The second kappa shape index (κ2) is 5.17. The Labute approximate surface area is 112 Å². The van der Waals surface area contributed by atoms with Gasteiger partial charge in [0.05, 0.1) is 0 Å². The second-order valence-electron chi connectivity index (χ2n) is 3.50. The zero-order chi connectivity index (χ0) is 12.4. The monoisotopic (exact) mass is 364 g/mol. The normalized spacial score (nSPS) is 14.6. The van der Waals surface area contributed by atoms with Crippen LogP contribution < -0.4 is 11.5 Å². The number of nitrogens with two attached hydrogens (primary N) is 2. The topological polar surface area (TPSA) is 135 Å². The smallest absolute Gasteiger partial charge is 0.219 e. The molecule has 0 saturated heterocycles. The zero-order valence-corrected chi connectivity index (χ0v) is 12.1. The van der Waals surface area contributed by atoms with Gasteiger partial charge in [0, 0.05) is 12.1 Å². The minimum atomic E-state index is -0.289. The molecular formula is C6H11BIN8P. The number of aromatic amines is 2. The van der Waals surface area contributed by atoms with Gasteiger partial charge in [0.1, 0.15) is 19.2 Å². The van der Waals surface area contributed by atoms with E-state index in [0.29, 0.717) is 18.3 Å². The Balaban J connectivity index is 2.18. The van der Waals surface area contributed by atoms with Gasteiger partial charge in [0.2, 0.25) is 11.9 Å². The SMILES string of the molecule is BP(I)C(Cc1nnc(N)[nH]1)c1nnc(N)[nH]1. The van der Waals surface area contributed by atoms with E-state index in [4.69, 9.17) is 11.5 Å². The van der Waals surface area contributed by atoms with Crippen molar-refractivity contribution in [3.63, 3.8) is 0 Å². The Morgan fingerprint density at radius 1 is 1.18 bits per heavy atom. The van der Waals surface area contributed by atoms with Gasteiger partial charge in [-0.25, -0.2) is 0 Å². The lowest BCUT2D eigenvalue weighted by Gasteiger charge is -2.15. The number of hydrogen-bond acceptors (Lipinski definition) is 6. The fourth-order valence-electron chi connectivity index (χ4n) is 1.42. The number of H-pyrrole nitrogens is 2. The zero-order valence-electron chi connectivity index (χ0n) is 9.05. The van der Waals surface area contributed by atoms with Gasteiger partial charge in [-0.2, -0.15) is 0 Å². The molecular weight excluding hydrogens is 353 g/mol. The van der Waals surface area contributed by atoms with E-state index in [2.05, 4.69) is 60.0 Å². The van der Waals surface area contributed by atoms with Crippen molar-refractivity contribution in [1.82, 2.24) is 30.4 Å². The van der Waals surface area contributed by atoms with Crippen molar-refractivity contribution >= 4 is 46.9 Å². The first-order valence-electron chi connectivity index (χ1n) is 4.80. The van der Waals surface area contributed by atoms with Gasteiger partial charge in [-0.05, 0) is 0 Å². The van der Waals surface area contributed by atoms with Crippen LogP contribution in [0.5, 0.6) is 0 Å². The predicted molar refractivity (Wildman–Crippen MR) is 77.5 cm³/mol. The molecule has 0 bridgehead atoms. The number of aromatic nitrogens is 6. The highest BCUT2D eigenvalue weighted by atomic mass is 127. The van der Waals surface area contributed by atoms with Crippen LogP contribution in [0.25, 0.3) is 0 Å². The second-order valence-corrected chi connectivity index (χ2v) is 9.74. The molecule has 0 aliphatic heterocycles.